The minimum absolute atomic E-state index is 0.0766. The number of rotatable bonds is 3. The number of ether oxygens (including phenoxy) is 2. The van der Waals surface area contributed by atoms with Gasteiger partial charge in [-0.1, -0.05) is 0 Å². The standard InChI is InChI=1S/C12H21NO5S/c1-13(11(14)9-19(2,15)16)10-3-5-12(6-4-10)17-7-8-18-12/h10H,3-9H2,1-2H3. The first-order chi connectivity index (χ1) is 8.81. The number of carbonyl (C=O) groups excluding carboxylic acids is 1. The van der Waals surface area contributed by atoms with Crippen LogP contribution in [0.25, 0.3) is 0 Å². The average Bonchev–Trinajstić information content (AvgIpc) is 2.75. The Hall–Kier alpha value is -0.660. The smallest absolute Gasteiger partial charge is 0.237 e. The molecule has 0 atom stereocenters. The molecule has 2 rings (SSSR count). The van der Waals surface area contributed by atoms with Crippen LogP contribution in [0, 0.1) is 0 Å². The van der Waals surface area contributed by atoms with Crippen molar-refractivity contribution < 1.29 is 22.7 Å². The fourth-order valence-corrected chi connectivity index (χ4v) is 3.40. The van der Waals surface area contributed by atoms with Gasteiger partial charge >= 0.3 is 0 Å². The summed E-state index contributed by atoms with van der Waals surface area (Å²) in [6.45, 7) is 1.26. The molecule has 1 saturated carbocycles. The van der Waals surface area contributed by atoms with Crippen LogP contribution in [0.15, 0.2) is 0 Å². The zero-order valence-corrected chi connectivity index (χ0v) is 12.2. The Morgan fingerprint density at radius 3 is 2.26 bits per heavy atom. The maximum absolute atomic E-state index is 11.9. The molecule has 2 aliphatic rings. The minimum Gasteiger partial charge on any atom is -0.348 e. The van der Waals surface area contributed by atoms with Crippen molar-refractivity contribution in [2.75, 3.05) is 32.3 Å². The lowest BCUT2D eigenvalue weighted by Gasteiger charge is -2.39. The van der Waals surface area contributed by atoms with Gasteiger partial charge in [-0.15, -0.1) is 0 Å². The van der Waals surface area contributed by atoms with E-state index in [4.69, 9.17) is 9.47 Å². The van der Waals surface area contributed by atoms with Gasteiger partial charge in [0.1, 0.15) is 5.75 Å². The van der Waals surface area contributed by atoms with Gasteiger partial charge in [-0.3, -0.25) is 4.79 Å². The topological polar surface area (TPSA) is 72.9 Å². The van der Waals surface area contributed by atoms with Crippen LogP contribution >= 0.6 is 0 Å². The molecule has 19 heavy (non-hydrogen) atoms. The Morgan fingerprint density at radius 1 is 1.26 bits per heavy atom. The lowest BCUT2D eigenvalue weighted by atomic mass is 9.89. The minimum atomic E-state index is -3.27. The van der Waals surface area contributed by atoms with E-state index in [-0.39, 0.29) is 11.9 Å². The van der Waals surface area contributed by atoms with Gasteiger partial charge in [0.25, 0.3) is 0 Å². The van der Waals surface area contributed by atoms with E-state index in [9.17, 15) is 13.2 Å². The summed E-state index contributed by atoms with van der Waals surface area (Å²) >= 11 is 0. The molecule has 0 aromatic heterocycles. The van der Waals surface area contributed by atoms with Crippen LogP contribution in [-0.4, -0.2) is 63.3 Å². The van der Waals surface area contributed by atoms with Crippen LogP contribution in [0.5, 0.6) is 0 Å². The van der Waals surface area contributed by atoms with Crippen molar-refractivity contribution in [3.8, 4) is 0 Å². The SMILES string of the molecule is CN(C(=O)CS(C)(=O)=O)C1CCC2(CC1)OCCO2. The number of carbonyl (C=O) groups is 1. The summed E-state index contributed by atoms with van der Waals surface area (Å²) in [5.74, 6) is -1.20. The first kappa shape index (κ1) is 14.7. The van der Waals surface area contributed by atoms with Gasteiger partial charge in [0.15, 0.2) is 15.6 Å². The third-order valence-electron chi connectivity index (χ3n) is 3.86. The Balaban J connectivity index is 1.88. The monoisotopic (exact) mass is 291 g/mol. The maximum atomic E-state index is 11.9. The molecule has 2 fully saturated rings. The second-order valence-electron chi connectivity index (χ2n) is 5.41. The average molecular weight is 291 g/mol. The molecule has 0 unspecified atom stereocenters. The summed E-state index contributed by atoms with van der Waals surface area (Å²) in [5, 5.41) is 0. The molecule has 1 heterocycles. The van der Waals surface area contributed by atoms with Crippen LogP contribution in [0.1, 0.15) is 25.7 Å². The lowest BCUT2D eigenvalue weighted by molar-refractivity contribution is -0.184. The van der Waals surface area contributed by atoms with Crippen LogP contribution in [0.4, 0.5) is 0 Å². The Kier molecular flexibility index (Phi) is 4.17. The first-order valence-electron chi connectivity index (χ1n) is 6.53. The third kappa shape index (κ3) is 3.67. The van der Waals surface area contributed by atoms with E-state index in [0.717, 1.165) is 31.9 Å². The Bertz CT molecular complexity index is 431. The van der Waals surface area contributed by atoms with Crippen LogP contribution in [0.2, 0.25) is 0 Å². The lowest BCUT2D eigenvalue weighted by Crippen LogP contribution is -2.46. The summed E-state index contributed by atoms with van der Waals surface area (Å²) in [4.78, 5) is 13.4. The van der Waals surface area contributed by atoms with E-state index >= 15 is 0 Å². The second-order valence-corrected chi connectivity index (χ2v) is 7.55. The highest BCUT2D eigenvalue weighted by molar-refractivity contribution is 7.91. The normalized spacial score (nSPS) is 23.7. The maximum Gasteiger partial charge on any atom is 0.237 e. The van der Waals surface area contributed by atoms with Crippen molar-refractivity contribution >= 4 is 15.7 Å². The van der Waals surface area contributed by atoms with E-state index in [1.807, 2.05) is 0 Å². The summed E-state index contributed by atoms with van der Waals surface area (Å²) in [7, 11) is -1.60. The highest BCUT2D eigenvalue weighted by Gasteiger charge is 2.41. The highest BCUT2D eigenvalue weighted by atomic mass is 32.2. The molecule has 0 aromatic carbocycles. The fraction of sp³-hybridized carbons (Fsp3) is 0.917. The van der Waals surface area contributed by atoms with Gasteiger partial charge in [-0.25, -0.2) is 8.42 Å². The molecule has 1 saturated heterocycles. The van der Waals surface area contributed by atoms with Crippen LogP contribution in [0.3, 0.4) is 0 Å². The number of amides is 1. The molecule has 6 nitrogen and oxygen atoms in total. The molecule has 0 bridgehead atoms. The van der Waals surface area contributed by atoms with Crippen molar-refractivity contribution in [3.63, 3.8) is 0 Å². The van der Waals surface area contributed by atoms with Crippen molar-refractivity contribution in [3.05, 3.63) is 0 Å². The van der Waals surface area contributed by atoms with E-state index in [0.29, 0.717) is 13.2 Å². The van der Waals surface area contributed by atoms with Gasteiger partial charge < -0.3 is 14.4 Å². The summed E-state index contributed by atoms with van der Waals surface area (Å²) in [6.07, 6.45) is 4.16. The summed E-state index contributed by atoms with van der Waals surface area (Å²) in [6, 6.07) is 0.0766. The van der Waals surface area contributed by atoms with E-state index in [1.54, 1.807) is 11.9 Å². The molecule has 0 radical (unpaired) electrons. The third-order valence-corrected chi connectivity index (χ3v) is 4.63. The van der Waals surface area contributed by atoms with Crippen molar-refractivity contribution in [1.82, 2.24) is 4.90 Å². The summed E-state index contributed by atoms with van der Waals surface area (Å²) in [5.41, 5.74) is 0. The zero-order chi connectivity index (χ0) is 14.1. The highest BCUT2D eigenvalue weighted by Crippen LogP contribution is 2.37. The van der Waals surface area contributed by atoms with Crippen LogP contribution < -0.4 is 0 Å². The Labute approximate surface area is 114 Å². The van der Waals surface area contributed by atoms with Crippen molar-refractivity contribution in [2.45, 2.75) is 37.5 Å². The van der Waals surface area contributed by atoms with E-state index in [1.165, 1.54) is 0 Å². The van der Waals surface area contributed by atoms with Gasteiger partial charge in [0.05, 0.1) is 13.2 Å². The first-order valence-corrected chi connectivity index (χ1v) is 8.59. The number of hydrogen-bond donors (Lipinski definition) is 0. The molecule has 1 aliphatic carbocycles. The molecule has 0 N–H and O–H groups in total. The molecule has 0 aromatic rings. The molecule has 1 amide bonds. The number of sulfone groups is 1. The van der Waals surface area contributed by atoms with Crippen LogP contribution in [-0.2, 0) is 24.1 Å². The largest absolute Gasteiger partial charge is 0.348 e. The molecular weight excluding hydrogens is 270 g/mol. The fourth-order valence-electron chi connectivity index (χ4n) is 2.75. The van der Waals surface area contributed by atoms with E-state index in [2.05, 4.69) is 0 Å². The predicted molar refractivity (Wildman–Crippen MR) is 69.4 cm³/mol. The molecule has 110 valence electrons. The predicted octanol–water partition coefficient (Wildman–Crippen LogP) is 0.175. The molecule has 1 aliphatic heterocycles. The molecule has 7 heteroatoms. The Morgan fingerprint density at radius 2 is 1.79 bits per heavy atom. The van der Waals surface area contributed by atoms with Gasteiger partial charge in [-0.2, -0.15) is 0 Å². The summed E-state index contributed by atoms with van der Waals surface area (Å²) < 4.78 is 33.5. The van der Waals surface area contributed by atoms with Gasteiger partial charge in [0.2, 0.25) is 5.91 Å². The van der Waals surface area contributed by atoms with Gasteiger partial charge in [-0.05, 0) is 12.8 Å². The van der Waals surface area contributed by atoms with Crippen molar-refractivity contribution in [1.29, 1.82) is 0 Å². The number of nitrogens with zero attached hydrogens (tertiary/aromatic N) is 1. The second kappa shape index (κ2) is 5.38. The van der Waals surface area contributed by atoms with Crippen molar-refractivity contribution in [2.24, 2.45) is 0 Å². The zero-order valence-electron chi connectivity index (χ0n) is 11.4. The van der Waals surface area contributed by atoms with Gasteiger partial charge in [0, 0.05) is 32.2 Å². The number of hydrogen-bond acceptors (Lipinski definition) is 5. The van der Waals surface area contributed by atoms with E-state index < -0.39 is 21.4 Å². The molecular formula is C12H21NO5S. The quantitative estimate of drug-likeness (QED) is 0.741. The molecule has 1 spiro atoms.